The molecule has 0 fully saturated rings. The van der Waals surface area contributed by atoms with Crippen LogP contribution in [-0.2, 0) is 11.3 Å². The summed E-state index contributed by atoms with van der Waals surface area (Å²) in [5.41, 5.74) is 2.48. The number of rotatable bonds is 6. The molecule has 0 aliphatic carbocycles. The Kier molecular flexibility index (Phi) is 7.26. The fraction of sp³-hybridized carbons (Fsp3) is 0.125. The second-order valence-electron chi connectivity index (χ2n) is 7.27. The molecule has 0 aliphatic heterocycles. The molecular formula is C24H20ClFN4O2S2. The molecule has 0 amide bonds. The van der Waals surface area contributed by atoms with Crippen LogP contribution in [0.25, 0.3) is 11.1 Å². The summed E-state index contributed by atoms with van der Waals surface area (Å²) in [6.07, 6.45) is 1.69. The summed E-state index contributed by atoms with van der Waals surface area (Å²) in [4.78, 5) is 13.6. The van der Waals surface area contributed by atoms with Gasteiger partial charge in [-0.3, -0.25) is 4.68 Å². The molecule has 0 saturated heterocycles. The van der Waals surface area contributed by atoms with Crippen LogP contribution in [0.2, 0.25) is 5.02 Å². The summed E-state index contributed by atoms with van der Waals surface area (Å²) in [5.74, 6) is -0.395. The van der Waals surface area contributed by atoms with E-state index >= 15 is 0 Å². The molecule has 34 heavy (non-hydrogen) atoms. The fourth-order valence-corrected chi connectivity index (χ4v) is 5.06. The maximum atomic E-state index is 14.1. The summed E-state index contributed by atoms with van der Waals surface area (Å²) in [6, 6.07) is 15.9. The van der Waals surface area contributed by atoms with Gasteiger partial charge in [-0.1, -0.05) is 48.0 Å². The van der Waals surface area contributed by atoms with Gasteiger partial charge >= 0.3 is 5.97 Å². The zero-order valence-electron chi connectivity index (χ0n) is 18.3. The van der Waals surface area contributed by atoms with Crippen LogP contribution in [0.3, 0.4) is 0 Å². The molecule has 2 aromatic carbocycles. The Labute approximate surface area is 210 Å². The zero-order chi connectivity index (χ0) is 24.2. The Morgan fingerprint density at radius 3 is 2.65 bits per heavy atom. The first kappa shape index (κ1) is 23.9. The minimum Gasteiger partial charge on any atom is -0.465 e. The average molecular weight is 515 g/mol. The molecule has 2 aromatic heterocycles. The normalized spacial score (nSPS) is 10.7. The SMILES string of the molecule is COC(=O)c1c(NC(=S)Nc2ccn(Cc3c(F)cccc3Cl)n2)sc(C)c1-c1ccccc1. The number of benzene rings is 2. The van der Waals surface area contributed by atoms with Crippen LogP contribution in [0, 0.1) is 12.7 Å². The summed E-state index contributed by atoms with van der Waals surface area (Å²) in [7, 11) is 1.35. The first-order valence-electron chi connectivity index (χ1n) is 10.2. The molecule has 4 aromatic rings. The van der Waals surface area contributed by atoms with Gasteiger partial charge in [0.1, 0.15) is 16.4 Å². The highest BCUT2D eigenvalue weighted by Crippen LogP contribution is 2.40. The van der Waals surface area contributed by atoms with Gasteiger partial charge in [0.2, 0.25) is 0 Å². The number of ether oxygens (including phenoxy) is 1. The number of methoxy groups -OCH3 is 1. The second kappa shape index (κ2) is 10.3. The highest BCUT2D eigenvalue weighted by atomic mass is 35.5. The molecule has 174 valence electrons. The number of anilines is 2. The molecule has 0 unspecified atom stereocenters. The highest BCUT2D eigenvalue weighted by Gasteiger charge is 2.24. The van der Waals surface area contributed by atoms with Crippen molar-refractivity contribution in [3.63, 3.8) is 0 Å². The number of carbonyl (C=O) groups is 1. The Hall–Kier alpha value is -3.27. The maximum absolute atomic E-state index is 14.1. The standard InChI is InChI=1S/C24H20ClFN4O2S2/c1-14-20(15-7-4-3-5-8-15)21(23(31)32-2)22(34-14)28-24(33)27-19-11-12-30(29-19)13-16-17(25)9-6-10-18(16)26/h3-12H,13H2,1-2H3,(H2,27,28,29,33). The molecule has 0 spiro atoms. The topological polar surface area (TPSA) is 68.2 Å². The van der Waals surface area contributed by atoms with E-state index in [4.69, 9.17) is 28.6 Å². The molecule has 4 rings (SSSR count). The van der Waals surface area contributed by atoms with E-state index in [0.717, 1.165) is 16.0 Å². The van der Waals surface area contributed by atoms with Crippen molar-refractivity contribution in [2.45, 2.75) is 13.5 Å². The molecule has 0 radical (unpaired) electrons. The molecule has 0 saturated carbocycles. The van der Waals surface area contributed by atoms with Crippen LogP contribution in [0.1, 0.15) is 20.8 Å². The van der Waals surface area contributed by atoms with Gasteiger partial charge in [-0.25, -0.2) is 9.18 Å². The number of thiophene rings is 1. The first-order valence-corrected chi connectivity index (χ1v) is 11.8. The van der Waals surface area contributed by atoms with E-state index in [0.29, 0.717) is 27.0 Å². The Morgan fingerprint density at radius 2 is 1.94 bits per heavy atom. The van der Waals surface area contributed by atoms with Gasteiger partial charge in [-0.05, 0) is 36.8 Å². The smallest absolute Gasteiger partial charge is 0.341 e. The van der Waals surface area contributed by atoms with Crippen molar-refractivity contribution in [1.29, 1.82) is 0 Å². The Morgan fingerprint density at radius 1 is 1.18 bits per heavy atom. The van der Waals surface area contributed by atoms with Crippen molar-refractivity contribution in [2.75, 3.05) is 17.7 Å². The van der Waals surface area contributed by atoms with Crippen molar-refractivity contribution >= 4 is 57.1 Å². The number of aryl methyl sites for hydroxylation is 1. The lowest BCUT2D eigenvalue weighted by atomic mass is 10.0. The van der Waals surface area contributed by atoms with Crippen molar-refractivity contribution in [3.05, 3.63) is 87.6 Å². The van der Waals surface area contributed by atoms with E-state index in [1.54, 1.807) is 29.1 Å². The molecule has 10 heteroatoms. The lowest BCUT2D eigenvalue weighted by Crippen LogP contribution is -2.20. The van der Waals surface area contributed by atoms with Crippen molar-refractivity contribution in [2.24, 2.45) is 0 Å². The van der Waals surface area contributed by atoms with Crippen LogP contribution in [0.5, 0.6) is 0 Å². The van der Waals surface area contributed by atoms with E-state index in [9.17, 15) is 9.18 Å². The lowest BCUT2D eigenvalue weighted by Gasteiger charge is -2.10. The highest BCUT2D eigenvalue weighted by molar-refractivity contribution is 7.80. The van der Waals surface area contributed by atoms with Gasteiger partial charge in [0.05, 0.1) is 13.7 Å². The zero-order valence-corrected chi connectivity index (χ0v) is 20.7. The third kappa shape index (κ3) is 5.11. The van der Waals surface area contributed by atoms with E-state index in [1.165, 1.54) is 24.5 Å². The molecule has 2 heterocycles. The van der Waals surface area contributed by atoms with Gasteiger partial charge < -0.3 is 15.4 Å². The van der Waals surface area contributed by atoms with Crippen LogP contribution < -0.4 is 10.6 Å². The van der Waals surface area contributed by atoms with Crippen molar-refractivity contribution in [1.82, 2.24) is 9.78 Å². The summed E-state index contributed by atoms with van der Waals surface area (Å²) < 4.78 is 20.7. The third-order valence-electron chi connectivity index (χ3n) is 5.03. The fourth-order valence-electron chi connectivity index (χ4n) is 3.49. The number of hydrogen-bond acceptors (Lipinski definition) is 5. The molecule has 6 nitrogen and oxygen atoms in total. The van der Waals surface area contributed by atoms with Gasteiger partial charge in [-0.15, -0.1) is 11.3 Å². The monoisotopic (exact) mass is 514 g/mol. The number of hydrogen-bond donors (Lipinski definition) is 2. The first-order chi connectivity index (χ1) is 16.4. The van der Waals surface area contributed by atoms with Gasteiger partial charge in [-0.2, -0.15) is 5.10 Å². The van der Waals surface area contributed by atoms with Crippen LogP contribution in [0.15, 0.2) is 60.8 Å². The van der Waals surface area contributed by atoms with Crippen molar-refractivity contribution < 1.29 is 13.9 Å². The van der Waals surface area contributed by atoms with Crippen molar-refractivity contribution in [3.8, 4) is 11.1 Å². The maximum Gasteiger partial charge on any atom is 0.341 e. The van der Waals surface area contributed by atoms with Crippen LogP contribution in [0.4, 0.5) is 15.2 Å². The lowest BCUT2D eigenvalue weighted by molar-refractivity contribution is 0.0603. The third-order valence-corrected chi connectivity index (χ3v) is 6.61. The predicted octanol–water partition coefficient (Wildman–Crippen LogP) is 6.36. The average Bonchev–Trinajstić information content (AvgIpc) is 3.39. The molecule has 0 bridgehead atoms. The summed E-state index contributed by atoms with van der Waals surface area (Å²) in [5, 5.41) is 11.6. The number of halogens is 2. The number of nitrogens with zero attached hydrogens (tertiary/aromatic N) is 2. The largest absolute Gasteiger partial charge is 0.465 e. The number of nitrogens with one attached hydrogen (secondary N) is 2. The minimum atomic E-state index is -0.459. The molecule has 0 atom stereocenters. The van der Waals surface area contributed by atoms with E-state index in [-0.39, 0.29) is 11.7 Å². The summed E-state index contributed by atoms with van der Waals surface area (Å²) >= 11 is 13.0. The van der Waals surface area contributed by atoms with E-state index in [2.05, 4.69) is 15.7 Å². The molecule has 0 aliphatic rings. The van der Waals surface area contributed by atoms with Gasteiger partial charge in [0, 0.05) is 33.3 Å². The Balaban J connectivity index is 1.52. The number of thiocarbonyl (C=S) groups is 1. The van der Waals surface area contributed by atoms with Crippen LogP contribution in [-0.4, -0.2) is 28.0 Å². The number of aromatic nitrogens is 2. The predicted molar refractivity (Wildman–Crippen MR) is 138 cm³/mol. The van der Waals surface area contributed by atoms with Crippen LogP contribution >= 0.6 is 35.2 Å². The quantitative estimate of drug-likeness (QED) is 0.230. The Bertz CT molecular complexity index is 1330. The minimum absolute atomic E-state index is 0.171. The van der Waals surface area contributed by atoms with Gasteiger partial charge in [0.15, 0.2) is 10.9 Å². The number of carbonyl (C=O) groups excluding carboxylic acids is 1. The second-order valence-corrected chi connectivity index (χ2v) is 9.31. The van der Waals surface area contributed by atoms with E-state index in [1.807, 2.05) is 37.3 Å². The van der Waals surface area contributed by atoms with E-state index < -0.39 is 11.8 Å². The van der Waals surface area contributed by atoms with Gasteiger partial charge in [0.25, 0.3) is 0 Å². The summed E-state index contributed by atoms with van der Waals surface area (Å²) in [6.45, 7) is 2.11. The molecule has 2 N–H and O–H groups in total. The number of esters is 1. The molecular weight excluding hydrogens is 495 g/mol.